The number of ether oxygens (including phenoxy) is 1. The molecule has 0 aromatic heterocycles. The molecule has 0 bridgehead atoms. The van der Waals surface area contributed by atoms with Crippen LogP contribution in [0.15, 0.2) is 36.4 Å². The van der Waals surface area contributed by atoms with Gasteiger partial charge >= 0.3 is 0 Å². The summed E-state index contributed by atoms with van der Waals surface area (Å²) in [6.45, 7) is 0.253. The third-order valence-corrected chi connectivity index (χ3v) is 5.93. The quantitative estimate of drug-likeness (QED) is 0.543. The van der Waals surface area contributed by atoms with Crippen molar-refractivity contribution < 1.29 is 14.3 Å². The molecule has 1 atom stereocenters. The van der Waals surface area contributed by atoms with E-state index in [1.807, 2.05) is 0 Å². The Labute approximate surface area is 182 Å². The lowest BCUT2D eigenvalue weighted by Crippen LogP contribution is -2.31. The summed E-state index contributed by atoms with van der Waals surface area (Å²) in [7, 11) is 0. The fourth-order valence-corrected chi connectivity index (χ4v) is 4.54. The topological polar surface area (TPSA) is 46.6 Å². The van der Waals surface area contributed by atoms with Crippen molar-refractivity contribution in [2.75, 3.05) is 6.61 Å². The Morgan fingerprint density at radius 2 is 1.71 bits per heavy atom. The van der Waals surface area contributed by atoms with E-state index in [-0.39, 0.29) is 24.3 Å². The van der Waals surface area contributed by atoms with Gasteiger partial charge in [-0.25, -0.2) is 0 Å². The molecule has 0 aliphatic carbocycles. The smallest absolute Gasteiger partial charge is 0.289 e. The fourth-order valence-electron chi connectivity index (χ4n) is 2.74. The molecule has 2 aromatic rings. The van der Waals surface area contributed by atoms with Gasteiger partial charge in [0.25, 0.3) is 5.24 Å². The average molecular weight is 455 g/mol. The van der Waals surface area contributed by atoms with Crippen LogP contribution in [0.1, 0.15) is 11.1 Å². The monoisotopic (exact) mass is 453 g/mol. The van der Waals surface area contributed by atoms with Crippen LogP contribution in [0.25, 0.3) is 0 Å². The van der Waals surface area contributed by atoms with Crippen LogP contribution in [-0.2, 0) is 17.8 Å². The maximum Gasteiger partial charge on any atom is 0.289 e. The van der Waals surface area contributed by atoms with Crippen molar-refractivity contribution in [2.45, 2.75) is 18.2 Å². The zero-order valence-electron chi connectivity index (χ0n) is 14.5. The van der Waals surface area contributed by atoms with Gasteiger partial charge in [-0.15, -0.1) is 6.42 Å². The Balaban J connectivity index is 1.71. The first kappa shape index (κ1) is 20.9. The van der Waals surface area contributed by atoms with Crippen LogP contribution in [0.2, 0.25) is 15.1 Å². The van der Waals surface area contributed by atoms with Crippen molar-refractivity contribution in [3.05, 3.63) is 62.6 Å². The molecule has 2 aromatic carbocycles. The second-order valence-corrected chi connectivity index (χ2v) is 8.41. The third kappa shape index (κ3) is 4.76. The lowest BCUT2D eigenvalue weighted by atomic mass is 10.1. The maximum atomic E-state index is 12.7. The molecule has 2 amide bonds. The number of hydrogen-bond acceptors (Lipinski definition) is 4. The third-order valence-electron chi connectivity index (χ3n) is 4.04. The van der Waals surface area contributed by atoms with Crippen molar-refractivity contribution in [3.63, 3.8) is 0 Å². The molecule has 3 rings (SSSR count). The van der Waals surface area contributed by atoms with Gasteiger partial charge in [-0.3, -0.25) is 14.5 Å². The van der Waals surface area contributed by atoms with Crippen molar-refractivity contribution >= 4 is 57.7 Å². The van der Waals surface area contributed by atoms with Gasteiger partial charge in [-0.2, -0.15) is 0 Å². The molecular formula is C20H14Cl3NO3S. The number of rotatable bonds is 6. The number of carbonyl (C=O) groups excluding carboxylic acids is 2. The van der Waals surface area contributed by atoms with E-state index < -0.39 is 5.25 Å². The molecule has 0 radical (unpaired) electrons. The van der Waals surface area contributed by atoms with Gasteiger partial charge in [0.2, 0.25) is 5.91 Å². The molecule has 1 fully saturated rings. The Morgan fingerprint density at radius 1 is 1.07 bits per heavy atom. The molecule has 144 valence electrons. The molecule has 1 aliphatic rings. The summed E-state index contributed by atoms with van der Waals surface area (Å²) in [5, 5.41) is 0.383. The predicted molar refractivity (Wildman–Crippen MR) is 113 cm³/mol. The van der Waals surface area contributed by atoms with Crippen molar-refractivity contribution in [2.24, 2.45) is 0 Å². The van der Waals surface area contributed by atoms with E-state index in [4.69, 9.17) is 46.0 Å². The van der Waals surface area contributed by atoms with Gasteiger partial charge in [-0.05, 0) is 41.8 Å². The summed E-state index contributed by atoms with van der Waals surface area (Å²) >= 11 is 19.3. The second kappa shape index (κ2) is 9.11. The van der Waals surface area contributed by atoms with Crippen LogP contribution >= 0.6 is 46.6 Å². The second-order valence-electron chi connectivity index (χ2n) is 6.01. The summed E-state index contributed by atoms with van der Waals surface area (Å²) in [5.41, 5.74) is 1.56. The molecule has 1 saturated heterocycles. The normalized spacial score (nSPS) is 16.4. The number of terminal acetylenes is 1. The highest BCUT2D eigenvalue weighted by Gasteiger charge is 2.39. The highest BCUT2D eigenvalue weighted by molar-refractivity contribution is 8.15. The number of imide groups is 1. The van der Waals surface area contributed by atoms with Crippen LogP contribution in [0.5, 0.6) is 5.75 Å². The minimum absolute atomic E-state index is 0.0455. The number of halogens is 3. The summed E-state index contributed by atoms with van der Waals surface area (Å²) in [6, 6.07) is 10.4. The predicted octanol–water partition coefficient (Wildman–Crippen LogP) is 5.47. The van der Waals surface area contributed by atoms with E-state index in [0.717, 1.165) is 22.9 Å². The Hall–Kier alpha value is -1.84. The standard InChI is InChI=1S/C20H14Cl3NO3S/c1-2-7-27-18-15(22)8-13(9-16(18)23)10-17-19(25)24(20(26)28-17)11-12-3-5-14(21)6-4-12/h1,3-6,8-9,17H,7,10-11H2/t17-/m0/s1. The molecule has 8 heteroatoms. The van der Waals surface area contributed by atoms with E-state index in [1.54, 1.807) is 36.4 Å². The van der Waals surface area contributed by atoms with Gasteiger partial charge in [0.15, 0.2) is 5.75 Å². The lowest BCUT2D eigenvalue weighted by Gasteiger charge is -2.15. The van der Waals surface area contributed by atoms with Crippen LogP contribution in [0.4, 0.5) is 4.79 Å². The van der Waals surface area contributed by atoms with E-state index in [2.05, 4.69) is 5.92 Å². The summed E-state index contributed by atoms with van der Waals surface area (Å²) < 4.78 is 5.33. The van der Waals surface area contributed by atoms with Crippen LogP contribution < -0.4 is 4.74 Å². The number of nitrogens with zero attached hydrogens (tertiary/aromatic N) is 1. The molecule has 0 spiro atoms. The number of hydrogen-bond donors (Lipinski definition) is 0. The van der Waals surface area contributed by atoms with Crippen LogP contribution in [0, 0.1) is 12.3 Å². The Bertz CT molecular complexity index is 933. The van der Waals surface area contributed by atoms with E-state index in [1.165, 1.54) is 4.90 Å². The number of carbonyl (C=O) groups is 2. The minimum atomic E-state index is -0.538. The Morgan fingerprint density at radius 3 is 2.32 bits per heavy atom. The zero-order chi connectivity index (χ0) is 20.3. The van der Waals surface area contributed by atoms with Gasteiger partial charge in [0, 0.05) is 5.02 Å². The molecule has 0 N–H and O–H groups in total. The van der Waals surface area contributed by atoms with E-state index in [9.17, 15) is 9.59 Å². The molecular weight excluding hydrogens is 441 g/mol. The van der Waals surface area contributed by atoms with Gasteiger partial charge < -0.3 is 4.74 Å². The molecule has 1 heterocycles. The molecule has 28 heavy (non-hydrogen) atoms. The van der Waals surface area contributed by atoms with Gasteiger partial charge in [0.05, 0.1) is 21.8 Å². The molecule has 0 unspecified atom stereocenters. The van der Waals surface area contributed by atoms with Crippen molar-refractivity contribution in [3.8, 4) is 18.1 Å². The molecule has 0 saturated carbocycles. The van der Waals surface area contributed by atoms with Gasteiger partial charge in [0.1, 0.15) is 6.61 Å². The van der Waals surface area contributed by atoms with E-state index >= 15 is 0 Å². The Kier molecular flexibility index (Phi) is 6.79. The zero-order valence-corrected chi connectivity index (χ0v) is 17.5. The maximum absolute atomic E-state index is 12.7. The summed E-state index contributed by atoms with van der Waals surface area (Å²) in [6.07, 6.45) is 5.50. The van der Waals surface area contributed by atoms with Crippen molar-refractivity contribution in [1.82, 2.24) is 4.90 Å². The van der Waals surface area contributed by atoms with Gasteiger partial charge in [-0.1, -0.05) is 64.6 Å². The number of thioether (sulfide) groups is 1. The van der Waals surface area contributed by atoms with E-state index in [0.29, 0.717) is 27.2 Å². The number of benzene rings is 2. The minimum Gasteiger partial charge on any atom is -0.478 e. The average Bonchev–Trinajstić information content (AvgIpc) is 2.90. The summed E-state index contributed by atoms with van der Waals surface area (Å²) in [5.74, 6) is 2.40. The highest BCUT2D eigenvalue weighted by Crippen LogP contribution is 2.37. The molecule has 1 aliphatic heterocycles. The fraction of sp³-hybridized carbons (Fsp3) is 0.200. The number of amides is 2. The SMILES string of the molecule is C#CCOc1c(Cl)cc(C[C@@H]2SC(=O)N(Cc3ccc(Cl)cc3)C2=O)cc1Cl. The van der Waals surface area contributed by atoms with Crippen molar-refractivity contribution in [1.29, 1.82) is 0 Å². The first-order valence-corrected chi connectivity index (χ1v) is 10.2. The molecule has 4 nitrogen and oxygen atoms in total. The highest BCUT2D eigenvalue weighted by atomic mass is 35.5. The van der Waals surface area contributed by atoms with Crippen LogP contribution in [0.3, 0.4) is 0 Å². The summed E-state index contributed by atoms with van der Waals surface area (Å²) in [4.78, 5) is 26.3. The lowest BCUT2D eigenvalue weighted by molar-refractivity contribution is -0.127. The first-order valence-electron chi connectivity index (χ1n) is 8.19. The first-order chi connectivity index (χ1) is 13.4. The largest absolute Gasteiger partial charge is 0.478 e. The van der Waals surface area contributed by atoms with Crippen LogP contribution in [-0.4, -0.2) is 27.9 Å².